The zero-order valence-electron chi connectivity index (χ0n) is 10.1. The molecule has 3 nitrogen and oxygen atoms in total. The maximum absolute atomic E-state index is 9.58. The van der Waals surface area contributed by atoms with Crippen molar-refractivity contribution in [1.82, 2.24) is 10.6 Å². The van der Waals surface area contributed by atoms with E-state index in [9.17, 15) is 5.11 Å². The van der Waals surface area contributed by atoms with Crippen LogP contribution in [0.3, 0.4) is 0 Å². The second-order valence-corrected chi connectivity index (χ2v) is 4.78. The van der Waals surface area contributed by atoms with E-state index in [1.54, 1.807) is 0 Å². The minimum atomic E-state index is -0.172. The summed E-state index contributed by atoms with van der Waals surface area (Å²) in [4.78, 5) is 0. The second-order valence-electron chi connectivity index (χ2n) is 4.78. The molecular weight excluding hydrogens is 188 g/mol. The van der Waals surface area contributed by atoms with Crippen molar-refractivity contribution in [3.8, 4) is 0 Å². The summed E-state index contributed by atoms with van der Waals surface area (Å²) < 4.78 is 0. The monoisotopic (exact) mass is 214 g/mol. The van der Waals surface area contributed by atoms with Crippen molar-refractivity contribution >= 4 is 0 Å². The van der Waals surface area contributed by atoms with Crippen LogP contribution in [-0.2, 0) is 0 Å². The highest BCUT2D eigenvalue weighted by Gasteiger charge is 2.17. The highest BCUT2D eigenvalue weighted by molar-refractivity contribution is 4.78. The Balaban J connectivity index is 2.04. The van der Waals surface area contributed by atoms with E-state index in [1.165, 1.54) is 25.8 Å². The van der Waals surface area contributed by atoms with Gasteiger partial charge in [0, 0.05) is 18.6 Å². The molecule has 3 unspecified atom stereocenters. The van der Waals surface area contributed by atoms with Crippen LogP contribution < -0.4 is 10.6 Å². The highest BCUT2D eigenvalue weighted by atomic mass is 16.3. The van der Waals surface area contributed by atoms with Gasteiger partial charge in [0.1, 0.15) is 0 Å². The van der Waals surface area contributed by atoms with Crippen LogP contribution in [0.25, 0.3) is 0 Å². The van der Waals surface area contributed by atoms with E-state index in [0.29, 0.717) is 12.1 Å². The molecule has 0 radical (unpaired) electrons. The molecule has 3 heteroatoms. The van der Waals surface area contributed by atoms with E-state index in [-0.39, 0.29) is 6.10 Å². The smallest absolute Gasteiger partial charge is 0.0664 e. The fourth-order valence-corrected chi connectivity index (χ4v) is 2.24. The van der Waals surface area contributed by atoms with E-state index in [1.807, 2.05) is 0 Å². The molecular formula is C12H26N2O. The Labute approximate surface area is 93.6 Å². The van der Waals surface area contributed by atoms with Crippen LogP contribution in [0.2, 0.25) is 0 Å². The molecule has 1 heterocycles. The zero-order chi connectivity index (χ0) is 11.1. The Kier molecular flexibility index (Phi) is 6.22. The summed E-state index contributed by atoms with van der Waals surface area (Å²) in [6.45, 7) is 6.23. The summed E-state index contributed by atoms with van der Waals surface area (Å²) >= 11 is 0. The topological polar surface area (TPSA) is 44.3 Å². The number of rotatable bonds is 7. The summed E-state index contributed by atoms with van der Waals surface area (Å²) in [6.07, 6.45) is 5.59. The Morgan fingerprint density at radius 2 is 2.33 bits per heavy atom. The maximum Gasteiger partial charge on any atom is 0.0664 e. The van der Waals surface area contributed by atoms with Crippen LogP contribution >= 0.6 is 0 Å². The van der Waals surface area contributed by atoms with Crippen LogP contribution in [0, 0.1) is 0 Å². The van der Waals surface area contributed by atoms with Crippen LogP contribution in [0.15, 0.2) is 0 Å². The number of hydrogen-bond acceptors (Lipinski definition) is 3. The Morgan fingerprint density at radius 1 is 1.53 bits per heavy atom. The van der Waals surface area contributed by atoms with Gasteiger partial charge in [0.2, 0.25) is 0 Å². The third kappa shape index (κ3) is 5.50. The molecule has 1 rings (SSSR count). The van der Waals surface area contributed by atoms with Gasteiger partial charge in [-0.3, -0.25) is 0 Å². The molecule has 0 aromatic carbocycles. The third-order valence-electron chi connectivity index (χ3n) is 3.12. The summed E-state index contributed by atoms with van der Waals surface area (Å²) in [5.74, 6) is 0. The Hall–Kier alpha value is -0.120. The summed E-state index contributed by atoms with van der Waals surface area (Å²) in [6, 6.07) is 1.20. The molecule has 1 fully saturated rings. The van der Waals surface area contributed by atoms with Crippen LogP contribution in [0.4, 0.5) is 0 Å². The number of hydrogen-bond donors (Lipinski definition) is 3. The standard InChI is InChI=1S/C12H26N2O/c1-3-5-12(15)9-14-10(2)8-11-6-4-7-13-11/h10-15H,3-9H2,1-2H3. The highest BCUT2D eigenvalue weighted by Crippen LogP contribution is 2.10. The molecule has 3 atom stereocenters. The van der Waals surface area contributed by atoms with Crippen molar-refractivity contribution < 1.29 is 5.11 Å². The lowest BCUT2D eigenvalue weighted by molar-refractivity contribution is 0.156. The first-order valence-electron chi connectivity index (χ1n) is 6.37. The van der Waals surface area contributed by atoms with Gasteiger partial charge in [-0.15, -0.1) is 0 Å². The van der Waals surface area contributed by atoms with Crippen molar-refractivity contribution in [3.63, 3.8) is 0 Å². The van der Waals surface area contributed by atoms with E-state index in [2.05, 4.69) is 24.5 Å². The second kappa shape index (κ2) is 7.20. The lowest BCUT2D eigenvalue weighted by Gasteiger charge is -2.20. The van der Waals surface area contributed by atoms with Crippen molar-refractivity contribution in [2.45, 2.75) is 64.1 Å². The molecule has 3 N–H and O–H groups in total. The Bertz CT molecular complexity index is 158. The molecule has 0 aromatic rings. The van der Waals surface area contributed by atoms with Gasteiger partial charge in [0.15, 0.2) is 0 Å². The van der Waals surface area contributed by atoms with Crippen molar-refractivity contribution in [3.05, 3.63) is 0 Å². The van der Waals surface area contributed by atoms with Gasteiger partial charge in [-0.05, 0) is 39.2 Å². The number of nitrogens with one attached hydrogen (secondary N) is 2. The number of aliphatic hydroxyl groups excluding tert-OH is 1. The average molecular weight is 214 g/mol. The van der Waals surface area contributed by atoms with E-state index >= 15 is 0 Å². The van der Waals surface area contributed by atoms with Gasteiger partial charge in [0.05, 0.1) is 6.10 Å². The van der Waals surface area contributed by atoms with Crippen molar-refractivity contribution in [1.29, 1.82) is 0 Å². The van der Waals surface area contributed by atoms with Crippen molar-refractivity contribution in [2.24, 2.45) is 0 Å². The molecule has 0 aromatic heterocycles. The fourth-order valence-electron chi connectivity index (χ4n) is 2.24. The van der Waals surface area contributed by atoms with Crippen LogP contribution in [0.1, 0.15) is 46.0 Å². The van der Waals surface area contributed by atoms with Gasteiger partial charge in [-0.25, -0.2) is 0 Å². The third-order valence-corrected chi connectivity index (χ3v) is 3.12. The summed E-state index contributed by atoms with van der Waals surface area (Å²) in [5.41, 5.74) is 0. The molecule has 1 aliphatic rings. The molecule has 0 spiro atoms. The molecule has 0 bridgehead atoms. The lowest BCUT2D eigenvalue weighted by atomic mass is 10.1. The first kappa shape index (κ1) is 12.9. The van der Waals surface area contributed by atoms with Crippen LogP contribution in [-0.4, -0.2) is 36.4 Å². The maximum atomic E-state index is 9.58. The van der Waals surface area contributed by atoms with Gasteiger partial charge in [0.25, 0.3) is 0 Å². The normalized spacial score (nSPS) is 25.4. The van der Waals surface area contributed by atoms with Gasteiger partial charge < -0.3 is 15.7 Å². The van der Waals surface area contributed by atoms with E-state index in [4.69, 9.17) is 0 Å². The van der Waals surface area contributed by atoms with E-state index in [0.717, 1.165) is 19.4 Å². The molecule has 0 amide bonds. The molecule has 0 aliphatic carbocycles. The quantitative estimate of drug-likeness (QED) is 0.598. The van der Waals surface area contributed by atoms with Gasteiger partial charge in [-0.2, -0.15) is 0 Å². The molecule has 0 saturated carbocycles. The largest absolute Gasteiger partial charge is 0.392 e. The lowest BCUT2D eigenvalue weighted by Crippen LogP contribution is -2.37. The number of aliphatic hydroxyl groups is 1. The van der Waals surface area contributed by atoms with Crippen molar-refractivity contribution in [2.75, 3.05) is 13.1 Å². The fraction of sp³-hybridized carbons (Fsp3) is 1.00. The zero-order valence-corrected chi connectivity index (χ0v) is 10.1. The summed E-state index contributed by atoms with van der Waals surface area (Å²) in [7, 11) is 0. The molecule has 90 valence electrons. The van der Waals surface area contributed by atoms with Gasteiger partial charge in [-0.1, -0.05) is 13.3 Å². The molecule has 15 heavy (non-hydrogen) atoms. The predicted molar refractivity (Wildman–Crippen MR) is 64.0 cm³/mol. The van der Waals surface area contributed by atoms with Crippen LogP contribution in [0.5, 0.6) is 0 Å². The minimum absolute atomic E-state index is 0.172. The molecule has 1 saturated heterocycles. The first-order chi connectivity index (χ1) is 7.22. The summed E-state index contributed by atoms with van der Waals surface area (Å²) in [5, 5.41) is 16.5. The predicted octanol–water partition coefficient (Wildman–Crippen LogP) is 1.27. The average Bonchev–Trinajstić information content (AvgIpc) is 2.68. The minimum Gasteiger partial charge on any atom is -0.392 e. The Morgan fingerprint density at radius 3 is 2.93 bits per heavy atom. The first-order valence-corrected chi connectivity index (χ1v) is 6.37. The SMILES string of the molecule is CCCC(O)CNC(C)CC1CCCN1. The molecule has 1 aliphatic heterocycles. The van der Waals surface area contributed by atoms with Gasteiger partial charge >= 0.3 is 0 Å². The van der Waals surface area contributed by atoms with E-state index < -0.39 is 0 Å².